The smallest absolute Gasteiger partial charge is 0.124 e. The predicted molar refractivity (Wildman–Crippen MR) is 84.6 cm³/mol. The van der Waals surface area contributed by atoms with Crippen LogP contribution in [0.2, 0.25) is 0 Å². The second-order valence-corrected chi connectivity index (χ2v) is 6.25. The molecule has 0 aromatic heterocycles. The fourth-order valence-corrected chi connectivity index (χ4v) is 2.93. The Kier molecular flexibility index (Phi) is 5.51. The van der Waals surface area contributed by atoms with Gasteiger partial charge in [0.1, 0.15) is 5.82 Å². The maximum Gasteiger partial charge on any atom is 0.124 e. The van der Waals surface area contributed by atoms with E-state index in [1.807, 2.05) is 30.3 Å². The van der Waals surface area contributed by atoms with Crippen LogP contribution in [0.3, 0.4) is 0 Å². The van der Waals surface area contributed by atoms with Crippen LogP contribution in [-0.4, -0.2) is 23.4 Å². The quantitative estimate of drug-likeness (QED) is 0.836. The number of aliphatic hydroxyl groups is 2. The molecule has 0 atom stereocenters. The van der Waals surface area contributed by atoms with Crippen LogP contribution in [0.4, 0.5) is 4.39 Å². The second kappa shape index (κ2) is 7.16. The zero-order valence-electron chi connectivity index (χ0n) is 11.6. The van der Waals surface area contributed by atoms with Gasteiger partial charge in [-0.05, 0) is 36.1 Å². The van der Waals surface area contributed by atoms with Crippen molar-refractivity contribution in [2.24, 2.45) is 5.41 Å². The topological polar surface area (TPSA) is 40.5 Å². The molecule has 0 heterocycles. The van der Waals surface area contributed by atoms with Gasteiger partial charge < -0.3 is 10.2 Å². The van der Waals surface area contributed by atoms with Gasteiger partial charge in [0.15, 0.2) is 0 Å². The molecule has 0 amide bonds. The average Bonchev–Trinajstić information content (AvgIpc) is 2.50. The lowest BCUT2D eigenvalue weighted by atomic mass is 9.78. The fourth-order valence-electron chi connectivity index (χ4n) is 2.43. The molecule has 2 N–H and O–H groups in total. The summed E-state index contributed by atoms with van der Waals surface area (Å²) in [6, 6.07) is 14.2. The third-order valence-corrected chi connectivity index (χ3v) is 4.41. The van der Waals surface area contributed by atoms with Gasteiger partial charge in [-0.2, -0.15) is 0 Å². The molecule has 0 spiro atoms. The number of hydrogen-bond acceptors (Lipinski definition) is 2. The van der Waals surface area contributed by atoms with E-state index in [1.165, 1.54) is 12.1 Å². The molecule has 0 bridgehead atoms. The zero-order chi connectivity index (χ0) is 15.3. The van der Waals surface area contributed by atoms with Gasteiger partial charge in [-0.1, -0.05) is 52.3 Å². The highest BCUT2D eigenvalue weighted by molar-refractivity contribution is 9.10. The van der Waals surface area contributed by atoms with E-state index in [9.17, 15) is 14.6 Å². The Morgan fingerprint density at radius 1 is 0.952 bits per heavy atom. The first-order chi connectivity index (χ1) is 10.1. The van der Waals surface area contributed by atoms with Gasteiger partial charge in [0, 0.05) is 9.89 Å². The van der Waals surface area contributed by atoms with Crippen molar-refractivity contribution in [1.82, 2.24) is 0 Å². The number of halogens is 2. The molecular formula is C17H18BrFO2. The Morgan fingerprint density at radius 3 is 2.19 bits per heavy atom. The van der Waals surface area contributed by atoms with Gasteiger partial charge in [-0.25, -0.2) is 4.39 Å². The summed E-state index contributed by atoms with van der Waals surface area (Å²) < 4.78 is 13.8. The normalized spacial score (nSPS) is 11.6. The lowest BCUT2D eigenvalue weighted by Gasteiger charge is -2.30. The summed E-state index contributed by atoms with van der Waals surface area (Å²) in [7, 11) is 0. The van der Waals surface area contributed by atoms with Crippen molar-refractivity contribution in [1.29, 1.82) is 0 Å². The fraction of sp³-hybridized carbons (Fsp3) is 0.294. The van der Waals surface area contributed by atoms with E-state index in [-0.39, 0.29) is 19.0 Å². The third-order valence-electron chi connectivity index (χ3n) is 3.67. The standard InChI is InChI=1S/C17H18BrFO2/c18-16-8-15(19)7-6-14(16)10-17(11-20,12-21)9-13-4-2-1-3-5-13/h1-8,20-21H,9-12H2. The Bertz CT molecular complexity index is 583. The number of aliphatic hydroxyl groups excluding tert-OH is 2. The Balaban J connectivity index is 2.25. The summed E-state index contributed by atoms with van der Waals surface area (Å²) in [5, 5.41) is 19.6. The zero-order valence-corrected chi connectivity index (χ0v) is 13.2. The third kappa shape index (κ3) is 4.13. The molecular weight excluding hydrogens is 335 g/mol. The second-order valence-electron chi connectivity index (χ2n) is 5.39. The minimum absolute atomic E-state index is 0.137. The summed E-state index contributed by atoms with van der Waals surface area (Å²) in [5.74, 6) is -0.313. The van der Waals surface area contributed by atoms with E-state index >= 15 is 0 Å². The van der Waals surface area contributed by atoms with Crippen LogP contribution in [0.1, 0.15) is 11.1 Å². The van der Waals surface area contributed by atoms with Crippen molar-refractivity contribution in [3.63, 3.8) is 0 Å². The molecule has 2 aromatic carbocycles. The summed E-state index contributed by atoms with van der Waals surface area (Å²) >= 11 is 3.34. The van der Waals surface area contributed by atoms with Gasteiger partial charge in [0.25, 0.3) is 0 Å². The van der Waals surface area contributed by atoms with Crippen molar-refractivity contribution in [3.05, 3.63) is 69.9 Å². The molecule has 2 aromatic rings. The van der Waals surface area contributed by atoms with Crippen molar-refractivity contribution in [3.8, 4) is 0 Å². The first-order valence-electron chi connectivity index (χ1n) is 6.78. The summed E-state index contributed by atoms with van der Waals surface area (Å²) in [5.41, 5.74) is 1.26. The molecule has 0 aliphatic rings. The lowest BCUT2D eigenvalue weighted by molar-refractivity contribution is 0.0546. The summed E-state index contributed by atoms with van der Waals surface area (Å²) in [6.07, 6.45) is 1.03. The monoisotopic (exact) mass is 352 g/mol. The van der Waals surface area contributed by atoms with Crippen molar-refractivity contribution < 1.29 is 14.6 Å². The first kappa shape index (κ1) is 16.1. The largest absolute Gasteiger partial charge is 0.396 e. The van der Waals surface area contributed by atoms with Crippen LogP contribution in [0.5, 0.6) is 0 Å². The molecule has 0 aliphatic heterocycles. The molecule has 21 heavy (non-hydrogen) atoms. The van der Waals surface area contributed by atoms with E-state index in [0.29, 0.717) is 17.3 Å². The molecule has 0 fully saturated rings. The number of benzene rings is 2. The molecule has 0 unspecified atom stereocenters. The van der Waals surface area contributed by atoms with Crippen molar-refractivity contribution >= 4 is 15.9 Å². The molecule has 2 nitrogen and oxygen atoms in total. The van der Waals surface area contributed by atoms with Gasteiger partial charge in [-0.15, -0.1) is 0 Å². The Labute approximate surface area is 132 Å². The van der Waals surface area contributed by atoms with Crippen LogP contribution in [0.15, 0.2) is 53.0 Å². The summed E-state index contributed by atoms with van der Waals surface area (Å²) in [4.78, 5) is 0. The van der Waals surface area contributed by atoms with Gasteiger partial charge in [0.05, 0.1) is 13.2 Å². The molecule has 0 aliphatic carbocycles. The van der Waals surface area contributed by atoms with E-state index in [2.05, 4.69) is 15.9 Å². The first-order valence-corrected chi connectivity index (χ1v) is 7.57. The van der Waals surface area contributed by atoms with Crippen LogP contribution < -0.4 is 0 Å². The molecule has 0 saturated carbocycles. The van der Waals surface area contributed by atoms with E-state index in [0.717, 1.165) is 11.1 Å². The van der Waals surface area contributed by atoms with Crippen LogP contribution in [-0.2, 0) is 12.8 Å². The van der Waals surface area contributed by atoms with Gasteiger partial charge >= 0.3 is 0 Å². The molecule has 112 valence electrons. The number of rotatable bonds is 6. The lowest BCUT2D eigenvalue weighted by Crippen LogP contribution is -2.35. The average molecular weight is 353 g/mol. The molecule has 4 heteroatoms. The maximum atomic E-state index is 13.2. The Hall–Kier alpha value is -1.23. The molecule has 0 saturated heterocycles. The highest BCUT2D eigenvalue weighted by Crippen LogP contribution is 2.30. The van der Waals surface area contributed by atoms with Crippen LogP contribution in [0, 0.1) is 11.2 Å². The van der Waals surface area contributed by atoms with E-state index < -0.39 is 5.41 Å². The SMILES string of the molecule is OCC(CO)(Cc1ccccc1)Cc1ccc(F)cc1Br. The maximum absolute atomic E-state index is 13.2. The van der Waals surface area contributed by atoms with Crippen LogP contribution in [0.25, 0.3) is 0 Å². The summed E-state index contributed by atoms with van der Waals surface area (Å²) in [6.45, 7) is -0.273. The van der Waals surface area contributed by atoms with Crippen molar-refractivity contribution in [2.45, 2.75) is 12.8 Å². The molecule has 0 radical (unpaired) electrons. The van der Waals surface area contributed by atoms with Gasteiger partial charge in [-0.3, -0.25) is 0 Å². The highest BCUT2D eigenvalue weighted by atomic mass is 79.9. The van der Waals surface area contributed by atoms with Crippen molar-refractivity contribution in [2.75, 3.05) is 13.2 Å². The predicted octanol–water partition coefficient (Wildman–Crippen LogP) is 3.34. The van der Waals surface area contributed by atoms with Crippen LogP contribution >= 0.6 is 15.9 Å². The van der Waals surface area contributed by atoms with E-state index in [1.54, 1.807) is 6.07 Å². The van der Waals surface area contributed by atoms with E-state index in [4.69, 9.17) is 0 Å². The minimum atomic E-state index is -0.665. The molecule has 2 rings (SSSR count). The highest BCUT2D eigenvalue weighted by Gasteiger charge is 2.30. The minimum Gasteiger partial charge on any atom is -0.396 e. The number of hydrogen-bond donors (Lipinski definition) is 2. The van der Waals surface area contributed by atoms with Gasteiger partial charge in [0.2, 0.25) is 0 Å². The Morgan fingerprint density at radius 2 is 1.62 bits per heavy atom.